The number of aliphatic hydroxyl groups is 1. The number of aliphatic hydroxyl groups excluding tert-OH is 1. The molecular formula is C10H15NO3. The second-order valence-electron chi connectivity index (χ2n) is 2.69. The molecule has 0 aromatic heterocycles. The number of anilines is 1. The Morgan fingerprint density at radius 3 is 2.64 bits per heavy atom. The molecule has 1 aromatic carbocycles. The summed E-state index contributed by atoms with van der Waals surface area (Å²) in [5.74, 6) is 1.33. The molecular weight excluding hydrogens is 182 g/mol. The summed E-state index contributed by atoms with van der Waals surface area (Å²) in [6.07, 6.45) is 0. The molecule has 4 nitrogen and oxygen atoms in total. The van der Waals surface area contributed by atoms with Crippen molar-refractivity contribution in [2.24, 2.45) is 0 Å². The lowest BCUT2D eigenvalue weighted by Crippen LogP contribution is -2.07. The number of para-hydroxylation sites is 1. The number of hydrogen-bond acceptors (Lipinski definition) is 4. The Balaban J connectivity index is 2.90. The van der Waals surface area contributed by atoms with Gasteiger partial charge in [-0.25, -0.2) is 0 Å². The van der Waals surface area contributed by atoms with E-state index in [0.717, 1.165) is 5.69 Å². The van der Waals surface area contributed by atoms with E-state index in [0.29, 0.717) is 18.0 Å². The van der Waals surface area contributed by atoms with Gasteiger partial charge in [-0.2, -0.15) is 0 Å². The van der Waals surface area contributed by atoms with E-state index in [1.807, 2.05) is 18.2 Å². The lowest BCUT2D eigenvalue weighted by molar-refractivity contribution is 0.310. The highest BCUT2D eigenvalue weighted by molar-refractivity contribution is 5.63. The molecule has 0 amide bonds. The molecule has 0 aliphatic rings. The van der Waals surface area contributed by atoms with Gasteiger partial charge in [0.05, 0.1) is 26.5 Å². The van der Waals surface area contributed by atoms with Crippen LogP contribution in [0.1, 0.15) is 0 Å². The van der Waals surface area contributed by atoms with Crippen molar-refractivity contribution in [1.82, 2.24) is 0 Å². The number of hydrogen-bond donors (Lipinski definition) is 2. The van der Waals surface area contributed by atoms with Crippen LogP contribution in [0.4, 0.5) is 5.69 Å². The third-order valence-electron chi connectivity index (χ3n) is 1.83. The maximum Gasteiger partial charge on any atom is 0.183 e. The van der Waals surface area contributed by atoms with Gasteiger partial charge in [-0.3, -0.25) is 0 Å². The minimum atomic E-state index is 0.0837. The molecule has 0 heterocycles. The monoisotopic (exact) mass is 197 g/mol. The van der Waals surface area contributed by atoms with Crippen LogP contribution < -0.4 is 14.8 Å². The zero-order chi connectivity index (χ0) is 10.4. The summed E-state index contributed by atoms with van der Waals surface area (Å²) in [6.45, 7) is 0.573. The summed E-state index contributed by atoms with van der Waals surface area (Å²) in [7, 11) is 3.18. The average molecular weight is 197 g/mol. The fourth-order valence-electron chi connectivity index (χ4n) is 1.22. The Hall–Kier alpha value is -1.42. The highest BCUT2D eigenvalue weighted by Crippen LogP contribution is 2.34. The summed E-state index contributed by atoms with van der Waals surface area (Å²) in [4.78, 5) is 0. The third kappa shape index (κ3) is 2.29. The predicted molar refractivity (Wildman–Crippen MR) is 55.1 cm³/mol. The van der Waals surface area contributed by atoms with Gasteiger partial charge >= 0.3 is 0 Å². The van der Waals surface area contributed by atoms with Crippen LogP contribution in [0.25, 0.3) is 0 Å². The lowest BCUT2D eigenvalue weighted by Gasteiger charge is -2.13. The topological polar surface area (TPSA) is 50.7 Å². The summed E-state index contributed by atoms with van der Waals surface area (Å²) in [6, 6.07) is 5.56. The molecule has 0 saturated heterocycles. The third-order valence-corrected chi connectivity index (χ3v) is 1.83. The van der Waals surface area contributed by atoms with Crippen molar-refractivity contribution in [3.63, 3.8) is 0 Å². The van der Waals surface area contributed by atoms with Gasteiger partial charge in [0.25, 0.3) is 0 Å². The molecule has 78 valence electrons. The van der Waals surface area contributed by atoms with Crippen LogP contribution in [0, 0.1) is 0 Å². The van der Waals surface area contributed by atoms with E-state index in [1.165, 1.54) is 0 Å². The van der Waals surface area contributed by atoms with E-state index in [2.05, 4.69) is 5.32 Å². The van der Waals surface area contributed by atoms with E-state index in [1.54, 1.807) is 14.2 Å². The average Bonchev–Trinajstić information content (AvgIpc) is 2.25. The Kier molecular flexibility index (Phi) is 4.07. The maximum absolute atomic E-state index is 8.68. The van der Waals surface area contributed by atoms with Crippen molar-refractivity contribution >= 4 is 5.69 Å². The van der Waals surface area contributed by atoms with Gasteiger partial charge in [0, 0.05) is 6.54 Å². The quantitative estimate of drug-likeness (QED) is 0.742. The van der Waals surface area contributed by atoms with Crippen molar-refractivity contribution in [2.45, 2.75) is 0 Å². The molecule has 0 radical (unpaired) electrons. The van der Waals surface area contributed by atoms with E-state index >= 15 is 0 Å². The molecule has 0 saturated carbocycles. The minimum absolute atomic E-state index is 0.0837. The second-order valence-corrected chi connectivity index (χ2v) is 2.69. The van der Waals surface area contributed by atoms with E-state index in [-0.39, 0.29) is 6.61 Å². The van der Waals surface area contributed by atoms with Crippen LogP contribution in [0.2, 0.25) is 0 Å². The molecule has 0 aliphatic carbocycles. The highest BCUT2D eigenvalue weighted by atomic mass is 16.5. The van der Waals surface area contributed by atoms with Gasteiger partial charge in [0.1, 0.15) is 0 Å². The van der Waals surface area contributed by atoms with Crippen molar-refractivity contribution < 1.29 is 14.6 Å². The molecule has 0 bridgehead atoms. The Morgan fingerprint density at radius 2 is 2.07 bits per heavy atom. The normalized spacial score (nSPS) is 9.64. The first-order valence-electron chi connectivity index (χ1n) is 4.39. The van der Waals surface area contributed by atoms with Crippen molar-refractivity contribution in [3.05, 3.63) is 18.2 Å². The van der Waals surface area contributed by atoms with Gasteiger partial charge in [-0.05, 0) is 12.1 Å². The lowest BCUT2D eigenvalue weighted by atomic mass is 10.2. The summed E-state index contributed by atoms with van der Waals surface area (Å²) >= 11 is 0. The number of rotatable bonds is 5. The van der Waals surface area contributed by atoms with Gasteiger partial charge in [-0.15, -0.1) is 0 Å². The van der Waals surface area contributed by atoms with Gasteiger partial charge in [-0.1, -0.05) is 6.07 Å². The van der Waals surface area contributed by atoms with E-state index in [9.17, 15) is 0 Å². The van der Waals surface area contributed by atoms with Gasteiger partial charge in [0.2, 0.25) is 0 Å². The van der Waals surface area contributed by atoms with Crippen LogP contribution in [0.15, 0.2) is 18.2 Å². The molecule has 4 heteroatoms. The molecule has 1 rings (SSSR count). The molecule has 0 fully saturated rings. The molecule has 0 spiro atoms. The van der Waals surface area contributed by atoms with Crippen molar-refractivity contribution in [3.8, 4) is 11.5 Å². The van der Waals surface area contributed by atoms with Gasteiger partial charge < -0.3 is 19.9 Å². The van der Waals surface area contributed by atoms with E-state index in [4.69, 9.17) is 14.6 Å². The minimum Gasteiger partial charge on any atom is -0.493 e. The number of ether oxygens (including phenoxy) is 2. The summed E-state index contributed by atoms with van der Waals surface area (Å²) in [5.41, 5.74) is 0.820. The Labute approximate surface area is 83.5 Å². The van der Waals surface area contributed by atoms with Crippen LogP contribution in [-0.2, 0) is 0 Å². The number of methoxy groups -OCH3 is 2. The predicted octanol–water partition coefficient (Wildman–Crippen LogP) is 1.11. The molecule has 0 unspecified atom stereocenters. The fourth-order valence-corrected chi connectivity index (χ4v) is 1.22. The van der Waals surface area contributed by atoms with Gasteiger partial charge in [0.15, 0.2) is 11.5 Å². The summed E-state index contributed by atoms with van der Waals surface area (Å²) in [5, 5.41) is 11.7. The maximum atomic E-state index is 8.68. The van der Waals surface area contributed by atoms with Crippen molar-refractivity contribution in [1.29, 1.82) is 0 Å². The second kappa shape index (κ2) is 5.34. The smallest absolute Gasteiger partial charge is 0.183 e. The zero-order valence-electron chi connectivity index (χ0n) is 8.41. The van der Waals surface area contributed by atoms with Crippen LogP contribution in [0.5, 0.6) is 11.5 Å². The summed E-state index contributed by atoms with van der Waals surface area (Å²) < 4.78 is 10.3. The van der Waals surface area contributed by atoms with E-state index < -0.39 is 0 Å². The molecule has 2 N–H and O–H groups in total. The first-order valence-corrected chi connectivity index (χ1v) is 4.39. The number of nitrogens with one attached hydrogen (secondary N) is 1. The molecule has 0 atom stereocenters. The Morgan fingerprint density at radius 1 is 1.29 bits per heavy atom. The number of benzene rings is 1. The first-order chi connectivity index (χ1) is 6.83. The molecule has 14 heavy (non-hydrogen) atoms. The van der Waals surface area contributed by atoms with Crippen LogP contribution in [-0.4, -0.2) is 32.5 Å². The zero-order valence-corrected chi connectivity index (χ0v) is 8.41. The SMILES string of the molecule is COc1cccc(NCCO)c1OC. The Bertz CT molecular complexity index is 289. The first kappa shape index (κ1) is 10.7. The van der Waals surface area contributed by atoms with Crippen LogP contribution in [0.3, 0.4) is 0 Å². The largest absolute Gasteiger partial charge is 0.493 e. The van der Waals surface area contributed by atoms with Crippen molar-refractivity contribution in [2.75, 3.05) is 32.7 Å². The molecule has 0 aliphatic heterocycles. The highest BCUT2D eigenvalue weighted by Gasteiger charge is 2.07. The standard InChI is InChI=1S/C10H15NO3/c1-13-9-5-3-4-8(10(9)14-2)11-6-7-12/h3-5,11-12H,6-7H2,1-2H3. The van der Waals surface area contributed by atoms with Crippen LogP contribution >= 0.6 is 0 Å². The fraction of sp³-hybridized carbons (Fsp3) is 0.400. The molecule has 1 aromatic rings.